The number of rotatable bonds is 7. The molecule has 0 amide bonds. The summed E-state index contributed by atoms with van der Waals surface area (Å²) in [4.78, 5) is 0. The molecule has 1 nitrogen and oxygen atoms in total. The maximum absolute atomic E-state index is 13.5. The van der Waals surface area contributed by atoms with Gasteiger partial charge < -0.3 is 5.32 Å². The largest absolute Gasteiger partial charge is 0.314 e. The lowest BCUT2D eigenvalue weighted by atomic mass is 9.92. The van der Waals surface area contributed by atoms with E-state index >= 15 is 0 Å². The second-order valence-electron chi connectivity index (χ2n) is 5.86. The number of hydrogen-bond donors (Lipinski definition) is 1. The summed E-state index contributed by atoms with van der Waals surface area (Å²) in [6, 6.07) is 5.93. The summed E-state index contributed by atoms with van der Waals surface area (Å²) >= 11 is 3.37. The number of hydrogen-bond acceptors (Lipinski definition) is 1. The van der Waals surface area contributed by atoms with Crippen molar-refractivity contribution in [3.05, 3.63) is 34.1 Å². The van der Waals surface area contributed by atoms with Crippen LogP contribution >= 0.6 is 15.9 Å². The summed E-state index contributed by atoms with van der Waals surface area (Å²) in [5.41, 5.74) is 1.09. The van der Waals surface area contributed by atoms with E-state index in [0.717, 1.165) is 30.9 Å². The fourth-order valence-electron chi connectivity index (χ4n) is 3.25. The molecule has 1 N–H and O–H groups in total. The Bertz CT molecular complexity index is 415. The minimum absolute atomic E-state index is 0.151. The summed E-state index contributed by atoms with van der Waals surface area (Å²) in [6.45, 7) is 3.30. The fourth-order valence-corrected chi connectivity index (χ4v) is 3.71. The zero-order valence-electron chi connectivity index (χ0n) is 12.3. The molecule has 1 aliphatic carbocycles. The number of halogens is 2. The van der Waals surface area contributed by atoms with Crippen LogP contribution in [0.1, 0.15) is 51.0 Å². The molecule has 1 unspecified atom stereocenters. The molecule has 112 valence electrons. The summed E-state index contributed by atoms with van der Waals surface area (Å²) in [6.07, 6.45) is 8.67. The molecule has 1 saturated carbocycles. The van der Waals surface area contributed by atoms with Crippen molar-refractivity contribution in [2.24, 2.45) is 5.92 Å². The Hall–Kier alpha value is -0.410. The van der Waals surface area contributed by atoms with Crippen molar-refractivity contribution in [3.63, 3.8) is 0 Å². The highest BCUT2D eigenvalue weighted by Gasteiger charge is 2.24. The number of nitrogens with one attached hydrogen (secondary N) is 1. The molecule has 0 heterocycles. The van der Waals surface area contributed by atoms with E-state index in [1.807, 2.05) is 6.07 Å². The first kappa shape index (κ1) is 16.0. The van der Waals surface area contributed by atoms with E-state index < -0.39 is 0 Å². The Morgan fingerprint density at radius 2 is 2.10 bits per heavy atom. The molecule has 0 aromatic heterocycles. The topological polar surface area (TPSA) is 12.0 Å². The van der Waals surface area contributed by atoms with Crippen molar-refractivity contribution in [2.45, 2.75) is 57.9 Å². The van der Waals surface area contributed by atoms with Crippen LogP contribution < -0.4 is 5.32 Å². The number of benzene rings is 1. The number of aryl methyl sites for hydroxylation is 1. The molecule has 0 saturated heterocycles. The molecule has 1 aliphatic rings. The lowest BCUT2D eigenvalue weighted by Crippen LogP contribution is -2.36. The lowest BCUT2D eigenvalue weighted by Gasteiger charge is -2.25. The molecule has 3 heteroatoms. The third-order valence-electron chi connectivity index (χ3n) is 4.38. The van der Waals surface area contributed by atoms with Gasteiger partial charge in [-0.05, 0) is 72.1 Å². The van der Waals surface area contributed by atoms with E-state index in [9.17, 15) is 4.39 Å². The van der Waals surface area contributed by atoms with Gasteiger partial charge in [0.15, 0.2) is 0 Å². The van der Waals surface area contributed by atoms with Gasteiger partial charge in [0.25, 0.3) is 0 Å². The SMILES string of the molecule is CCCNC(CCc1cccc(F)c1Br)C1CCCC1. The average molecular weight is 342 g/mol. The average Bonchev–Trinajstić information content (AvgIpc) is 2.97. The summed E-state index contributed by atoms with van der Waals surface area (Å²) in [5.74, 6) is 0.662. The van der Waals surface area contributed by atoms with Crippen LogP contribution in [-0.2, 0) is 6.42 Å². The molecule has 1 aromatic rings. The minimum Gasteiger partial charge on any atom is -0.314 e. The van der Waals surface area contributed by atoms with Crippen LogP contribution in [0.5, 0.6) is 0 Å². The van der Waals surface area contributed by atoms with Gasteiger partial charge in [-0.15, -0.1) is 0 Å². The van der Waals surface area contributed by atoms with E-state index in [4.69, 9.17) is 0 Å². The standard InChI is InChI=1S/C17H25BrFN/c1-2-12-20-16(13-6-3-4-7-13)11-10-14-8-5-9-15(19)17(14)18/h5,8-9,13,16,20H,2-4,6-7,10-12H2,1H3. The second-order valence-corrected chi connectivity index (χ2v) is 6.65. The molecular formula is C17H25BrFN. The predicted molar refractivity (Wildman–Crippen MR) is 86.5 cm³/mol. The highest BCUT2D eigenvalue weighted by atomic mass is 79.9. The van der Waals surface area contributed by atoms with Gasteiger partial charge in [0.1, 0.15) is 5.82 Å². The Kier molecular flexibility index (Phi) is 6.50. The molecule has 0 aliphatic heterocycles. The maximum Gasteiger partial charge on any atom is 0.137 e. The van der Waals surface area contributed by atoms with E-state index in [1.165, 1.54) is 38.2 Å². The molecule has 0 spiro atoms. The molecular weight excluding hydrogens is 317 g/mol. The van der Waals surface area contributed by atoms with Crippen LogP contribution in [0.3, 0.4) is 0 Å². The lowest BCUT2D eigenvalue weighted by molar-refractivity contribution is 0.340. The minimum atomic E-state index is -0.151. The monoisotopic (exact) mass is 341 g/mol. The van der Waals surface area contributed by atoms with Gasteiger partial charge >= 0.3 is 0 Å². The summed E-state index contributed by atoms with van der Waals surface area (Å²) in [5, 5.41) is 3.71. The van der Waals surface area contributed by atoms with E-state index in [0.29, 0.717) is 10.5 Å². The van der Waals surface area contributed by atoms with Crippen molar-refractivity contribution in [1.82, 2.24) is 5.32 Å². The third-order valence-corrected chi connectivity index (χ3v) is 5.27. The first-order chi connectivity index (χ1) is 9.72. The maximum atomic E-state index is 13.5. The van der Waals surface area contributed by atoms with Gasteiger partial charge in [-0.1, -0.05) is 31.9 Å². The fraction of sp³-hybridized carbons (Fsp3) is 0.647. The van der Waals surface area contributed by atoms with Crippen LogP contribution in [-0.4, -0.2) is 12.6 Å². The predicted octanol–water partition coefficient (Wildman–Crippen LogP) is 5.08. The summed E-state index contributed by atoms with van der Waals surface area (Å²) < 4.78 is 14.2. The summed E-state index contributed by atoms with van der Waals surface area (Å²) in [7, 11) is 0. The zero-order chi connectivity index (χ0) is 14.4. The highest BCUT2D eigenvalue weighted by molar-refractivity contribution is 9.10. The molecule has 1 atom stereocenters. The van der Waals surface area contributed by atoms with Crippen LogP contribution in [0.25, 0.3) is 0 Å². The molecule has 20 heavy (non-hydrogen) atoms. The molecule has 1 fully saturated rings. The van der Waals surface area contributed by atoms with Gasteiger partial charge in [-0.25, -0.2) is 4.39 Å². The third kappa shape index (κ3) is 4.29. The van der Waals surface area contributed by atoms with Gasteiger partial charge in [0.2, 0.25) is 0 Å². The van der Waals surface area contributed by atoms with Gasteiger partial charge in [-0.3, -0.25) is 0 Å². The van der Waals surface area contributed by atoms with Crippen LogP contribution in [0.15, 0.2) is 22.7 Å². The van der Waals surface area contributed by atoms with E-state index in [2.05, 4.69) is 28.2 Å². The van der Waals surface area contributed by atoms with Crippen molar-refractivity contribution < 1.29 is 4.39 Å². The van der Waals surface area contributed by atoms with Crippen molar-refractivity contribution in [2.75, 3.05) is 6.54 Å². The van der Waals surface area contributed by atoms with Crippen molar-refractivity contribution >= 4 is 15.9 Å². The Labute approximate surface area is 130 Å². The Morgan fingerprint density at radius 3 is 2.80 bits per heavy atom. The molecule has 0 bridgehead atoms. The van der Waals surface area contributed by atoms with Gasteiger partial charge in [0.05, 0.1) is 4.47 Å². The smallest absolute Gasteiger partial charge is 0.137 e. The van der Waals surface area contributed by atoms with Gasteiger partial charge in [-0.2, -0.15) is 0 Å². The molecule has 2 rings (SSSR count). The van der Waals surface area contributed by atoms with Crippen molar-refractivity contribution in [1.29, 1.82) is 0 Å². The molecule has 0 radical (unpaired) electrons. The normalized spacial score (nSPS) is 17.6. The van der Waals surface area contributed by atoms with E-state index in [-0.39, 0.29) is 5.82 Å². The quantitative estimate of drug-likeness (QED) is 0.729. The van der Waals surface area contributed by atoms with Crippen LogP contribution in [0.2, 0.25) is 0 Å². The Morgan fingerprint density at radius 1 is 1.35 bits per heavy atom. The van der Waals surface area contributed by atoms with E-state index in [1.54, 1.807) is 6.07 Å². The second kappa shape index (κ2) is 8.14. The first-order valence-corrected chi connectivity index (χ1v) is 8.68. The molecule has 1 aromatic carbocycles. The zero-order valence-corrected chi connectivity index (χ0v) is 13.9. The van der Waals surface area contributed by atoms with Crippen LogP contribution in [0.4, 0.5) is 4.39 Å². The van der Waals surface area contributed by atoms with Crippen molar-refractivity contribution in [3.8, 4) is 0 Å². The Balaban J connectivity index is 1.95. The van der Waals surface area contributed by atoms with Gasteiger partial charge in [0, 0.05) is 6.04 Å². The first-order valence-electron chi connectivity index (χ1n) is 7.88. The highest BCUT2D eigenvalue weighted by Crippen LogP contribution is 2.30. The van der Waals surface area contributed by atoms with Crippen LogP contribution in [0, 0.1) is 11.7 Å².